The van der Waals surface area contributed by atoms with Crippen LogP contribution in [0.2, 0.25) is 0 Å². The summed E-state index contributed by atoms with van der Waals surface area (Å²) >= 11 is 1.37. The number of likely N-dealkylation sites (N-methyl/N-ethyl adjacent to an activating group) is 1. The van der Waals surface area contributed by atoms with Crippen molar-refractivity contribution in [3.05, 3.63) is 83.3 Å². The smallest absolute Gasteiger partial charge is 0.263 e. The predicted octanol–water partition coefficient (Wildman–Crippen LogP) is 3.78. The Morgan fingerprint density at radius 1 is 1.16 bits per heavy atom. The molecule has 1 aromatic carbocycles. The zero-order chi connectivity index (χ0) is 21.6. The second kappa shape index (κ2) is 9.53. The molecule has 0 unspecified atom stereocenters. The van der Waals surface area contributed by atoms with E-state index in [1.807, 2.05) is 54.2 Å². The highest BCUT2D eigenvalue weighted by Crippen LogP contribution is 2.26. The van der Waals surface area contributed by atoms with Crippen LogP contribution in [0.5, 0.6) is 0 Å². The van der Waals surface area contributed by atoms with E-state index in [0.29, 0.717) is 17.1 Å². The predicted molar refractivity (Wildman–Crippen MR) is 123 cm³/mol. The van der Waals surface area contributed by atoms with E-state index in [2.05, 4.69) is 44.5 Å². The Morgan fingerprint density at radius 3 is 2.77 bits per heavy atom. The van der Waals surface area contributed by atoms with Crippen molar-refractivity contribution in [1.82, 2.24) is 25.1 Å². The number of thiazole rings is 1. The molecule has 0 radical (unpaired) electrons. The van der Waals surface area contributed by atoms with Crippen LogP contribution in [-0.4, -0.2) is 39.2 Å². The number of aromatic nitrogens is 4. The quantitative estimate of drug-likeness (QED) is 0.459. The number of hydrogen-bond acceptors (Lipinski definition) is 6. The lowest BCUT2D eigenvalue weighted by Gasteiger charge is -2.18. The molecule has 0 fully saturated rings. The molecule has 0 saturated carbocycles. The summed E-state index contributed by atoms with van der Waals surface area (Å²) in [6.45, 7) is 3.88. The number of rotatable bonds is 8. The Morgan fingerprint density at radius 2 is 2.00 bits per heavy atom. The topological polar surface area (TPSA) is 75.9 Å². The number of amides is 1. The number of nitrogens with one attached hydrogen (secondary N) is 1. The zero-order valence-electron chi connectivity index (χ0n) is 17.5. The summed E-state index contributed by atoms with van der Waals surface area (Å²) in [5.41, 5.74) is 3.62. The van der Waals surface area contributed by atoms with Crippen molar-refractivity contribution in [3.63, 3.8) is 0 Å². The SMILES string of the molecule is Cc1nc(-c2ccn(CCN(C)c3ccccc3)n2)sc1C(=O)NCc1cccnc1. The second-order valence-corrected chi connectivity index (χ2v) is 8.20. The fraction of sp³-hybridized carbons (Fsp3) is 0.217. The van der Waals surface area contributed by atoms with Gasteiger partial charge in [0.05, 0.1) is 12.2 Å². The molecule has 0 aliphatic heterocycles. The molecular weight excluding hydrogens is 408 g/mol. The highest BCUT2D eigenvalue weighted by molar-refractivity contribution is 7.17. The van der Waals surface area contributed by atoms with Crippen LogP contribution >= 0.6 is 11.3 Å². The number of nitrogens with zero attached hydrogens (tertiary/aromatic N) is 5. The molecule has 1 amide bonds. The second-order valence-electron chi connectivity index (χ2n) is 7.20. The van der Waals surface area contributed by atoms with Gasteiger partial charge in [-0.3, -0.25) is 14.5 Å². The number of benzene rings is 1. The molecule has 4 rings (SSSR count). The number of pyridine rings is 1. The lowest BCUT2D eigenvalue weighted by Crippen LogP contribution is -2.22. The first-order valence-electron chi connectivity index (χ1n) is 10.0. The molecule has 158 valence electrons. The lowest BCUT2D eigenvalue weighted by atomic mass is 10.3. The van der Waals surface area contributed by atoms with Gasteiger partial charge >= 0.3 is 0 Å². The molecule has 1 N–H and O–H groups in total. The summed E-state index contributed by atoms with van der Waals surface area (Å²) in [6, 6.07) is 16.0. The maximum Gasteiger partial charge on any atom is 0.263 e. The van der Waals surface area contributed by atoms with E-state index in [9.17, 15) is 4.79 Å². The first-order chi connectivity index (χ1) is 15.1. The maximum absolute atomic E-state index is 12.6. The summed E-state index contributed by atoms with van der Waals surface area (Å²) in [6.07, 6.45) is 5.41. The molecule has 0 saturated heterocycles. The molecule has 8 heteroatoms. The fourth-order valence-electron chi connectivity index (χ4n) is 3.15. The van der Waals surface area contributed by atoms with E-state index < -0.39 is 0 Å². The van der Waals surface area contributed by atoms with Gasteiger partial charge in [0.15, 0.2) is 0 Å². The Kier molecular flexibility index (Phi) is 6.37. The molecule has 0 aliphatic carbocycles. The van der Waals surface area contributed by atoms with Crippen LogP contribution in [-0.2, 0) is 13.1 Å². The van der Waals surface area contributed by atoms with Crippen molar-refractivity contribution in [2.24, 2.45) is 0 Å². The average molecular weight is 433 g/mol. The largest absolute Gasteiger partial charge is 0.373 e. The van der Waals surface area contributed by atoms with Gasteiger partial charge in [-0.05, 0) is 36.8 Å². The van der Waals surface area contributed by atoms with Crippen molar-refractivity contribution in [1.29, 1.82) is 0 Å². The van der Waals surface area contributed by atoms with Crippen LogP contribution in [0.4, 0.5) is 5.69 Å². The molecule has 4 aromatic rings. The van der Waals surface area contributed by atoms with E-state index >= 15 is 0 Å². The number of carbonyl (C=O) groups is 1. The van der Waals surface area contributed by atoms with Gasteiger partial charge in [-0.25, -0.2) is 4.98 Å². The van der Waals surface area contributed by atoms with Crippen molar-refractivity contribution < 1.29 is 4.79 Å². The van der Waals surface area contributed by atoms with Gasteiger partial charge in [-0.1, -0.05) is 24.3 Å². The third kappa shape index (κ3) is 5.16. The molecule has 0 bridgehead atoms. The molecule has 7 nitrogen and oxygen atoms in total. The third-order valence-electron chi connectivity index (χ3n) is 4.90. The highest BCUT2D eigenvalue weighted by atomic mass is 32.1. The van der Waals surface area contributed by atoms with Gasteiger partial charge in [0, 0.05) is 44.4 Å². The van der Waals surface area contributed by atoms with E-state index in [4.69, 9.17) is 0 Å². The molecule has 3 heterocycles. The van der Waals surface area contributed by atoms with Crippen LogP contribution in [0, 0.1) is 6.92 Å². The summed E-state index contributed by atoms with van der Waals surface area (Å²) < 4.78 is 1.91. The van der Waals surface area contributed by atoms with Gasteiger partial charge in [0.1, 0.15) is 15.6 Å². The highest BCUT2D eigenvalue weighted by Gasteiger charge is 2.17. The number of carbonyl (C=O) groups excluding carboxylic acids is 1. The first-order valence-corrected chi connectivity index (χ1v) is 10.9. The minimum atomic E-state index is -0.131. The van der Waals surface area contributed by atoms with Crippen molar-refractivity contribution >= 4 is 22.9 Å². The summed E-state index contributed by atoms with van der Waals surface area (Å²) in [5.74, 6) is -0.131. The summed E-state index contributed by atoms with van der Waals surface area (Å²) in [7, 11) is 2.07. The van der Waals surface area contributed by atoms with Gasteiger partial charge in [0.2, 0.25) is 0 Å². The van der Waals surface area contributed by atoms with Crippen LogP contribution in [0.15, 0.2) is 67.1 Å². The minimum absolute atomic E-state index is 0.131. The Labute approximate surface area is 185 Å². The fourth-order valence-corrected chi connectivity index (χ4v) is 4.09. The van der Waals surface area contributed by atoms with Crippen LogP contribution < -0.4 is 10.2 Å². The molecular formula is C23H24N6OS. The van der Waals surface area contributed by atoms with Crippen LogP contribution in [0.1, 0.15) is 20.9 Å². The van der Waals surface area contributed by atoms with E-state index in [1.54, 1.807) is 12.4 Å². The molecule has 0 atom stereocenters. The van der Waals surface area contributed by atoms with Crippen LogP contribution in [0.3, 0.4) is 0 Å². The summed E-state index contributed by atoms with van der Waals surface area (Å²) in [5, 5.41) is 8.34. The lowest BCUT2D eigenvalue weighted by molar-refractivity contribution is 0.0954. The van der Waals surface area contributed by atoms with Crippen molar-refractivity contribution in [2.75, 3.05) is 18.5 Å². The van der Waals surface area contributed by atoms with Crippen molar-refractivity contribution in [3.8, 4) is 10.7 Å². The standard InChI is InChI=1S/C23H24N6OS/c1-17-21(22(30)25-16-18-7-6-11-24-15-18)31-23(26-17)20-10-12-29(27-20)14-13-28(2)19-8-4-3-5-9-19/h3-12,15H,13-14,16H2,1-2H3,(H,25,30). The first kappa shape index (κ1) is 20.7. The van der Waals surface area contributed by atoms with Crippen LogP contribution in [0.25, 0.3) is 10.7 Å². The average Bonchev–Trinajstić information content (AvgIpc) is 3.44. The van der Waals surface area contributed by atoms with E-state index in [0.717, 1.165) is 29.4 Å². The van der Waals surface area contributed by atoms with Crippen molar-refractivity contribution in [2.45, 2.75) is 20.0 Å². The monoisotopic (exact) mass is 432 g/mol. The summed E-state index contributed by atoms with van der Waals surface area (Å²) in [4.78, 5) is 24.1. The third-order valence-corrected chi connectivity index (χ3v) is 6.08. The zero-order valence-corrected chi connectivity index (χ0v) is 18.3. The Bertz CT molecular complexity index is 1140. The molecule has 3 aromatic heterocycles. The van der Waals surface area contributed by atoms with Gasteiger partial charge in [-0.2, -0.15) is 5.10 Å². The normalized spacial score (nSPS) is 10.8. The molecule has 0 aliphatic rings. The van der Waals surface area contributed by atoms with E-state index in [1.165, 1.54) is 17.0 Å². The van der Waals surface area contributed by atoms with Gasteiger partial charge in [-0.15, -0.1) is 11.3 Å². The molecule has 31 heavy (non-hydrogen) atoms. The molecule has 0 spiro atoms. The minimum Gasteiger partial charge on any atom is -0.373 e. The number of aryl methyl sites for hydroxylation is 1. The van der Waals surface area contributed by atoms with E-state index in [-0.39, 0.29) is 5.91 Å². The number of hydrogen-bond donors (Lipinski definition) is 1. The Balaban J connectivity index is 1.38. The van der Waals surface area contributed by atoms with Gasteiger partial charge < -0.3 is 10.2 Å². The number of para-hydroxylation sites is 1. The Hall–Kier alpha value is -3.52. The number of anilines is 1. The van der Waals surface area contributed by atoms with Gasteiger partial charge in [0.25, 0.3) is 5.91 Å². The maximum atomic E-state index is 12.6.